The molecule has 0 saturated carbocycles. The summed E-state index contributed by atoms with van der Waals surface area (Å²) in [6.07, 6.45) is 3.43. The van der Waals surface area contributed by atoms with E-state index in [2.05, 4.69) is 4.98 Å². The van der Waals surface area contributed by atoms with E-state index in [0.717, 1.165) is 16.7 Å². The van der Waals surface area contributed by atoms with Gasteiger partial charge in [0.25, 0.3) is 0 Å². The molecule has 86 valence electrons. The molecule has 0 N–H and O–H groups in total. The minimum atomic E-state index is -0.316. The molecular weight excluding hydrogens is 214 g/mol. The quantitative estimate of drug-likeness (QED) is 0.585. The number of hydrogen-bond donors (Lipinski definition) is 0. The van der Waals surface area contributed by atoms with Gasteiger partial charge in [-0.1, -0.05) is 11.6 Å². The second kappa shape index (κ2) is 4.78. The average Bonchev–Trinajstić information content (AvgIpc) is 2.32. The van der Waals surface area contributed by atoms with Gasteiger partial charge < -0.3 is 4.74 Å². The first-order valence-corrected chi connectivity index (χ1v) is 5.36. The Morgan fingerprint density at radius 2 is 1.88 bits per heavy atom. The Morgan fingerprint density at radius 3 is 2.53 bits per heavy atom. The molecule has 0 aliphatic rings. The number of ether oxygens (including phenoxy) is 1. The summed E-state index contributed by atoms with van der Waals surface area (Å²) in [7, 11) is 0. The van der Waals surface area contributed by atoms with Crippen LogP contribution in [0.15, 0.2) is 42.7 Å². The number of aryl methyl sites for hydroxylation is 1. The van der Waals surface area contributed by atoms with Gasteiger partial charge in [0.15, 0.2) is 0 Å². The maximum absolute atomic E-state index is 11.0. The van der Waals surface area contributed by atoms with Crippen molar-refractivity contribution in [1.82, 2.24) is 4.98 Å². The van der Waals surface area contributed by atoms with Crippen molar-refractivity contribution in [2.75, 3.05) is 0 Å². The van der Waals surface area contributed by atoms with E-state index in [1.165, 1.54) is 6.92 Å². The molecule has 3 nitrogen and oxygen atoms in total. The Hall–Kier alpha value is -2.16. The molecule has 1 heterocycles. The van der Waals surface area contributed by atoms with Crippen molar-refractivity contribution in [1.29, 1.82) is 0 Å². The standard InChI is InChI=1S/C14H13NO2/c1-10-3-4-14(17-11(2)16)13(9-10)12-5-7-15-8-6-12/h3-9H,1-2H3. The number of carbonyl (C=O) groups excluding carboxylic acids is 1. The highest BCUT2D eigenvalue weighted by Gasteiger charge is 2.08. The van der Waals surface area contributed by atoms with E-state index >= 15 is 0 Å². The van der Waals surface area contributed by atoms with Gasteiger partial charge in [-0.15, -0.1) is 0 Å². The summed E-state index contributed by atoms with van der Waals surface area (Å²) >= 11 is 0. The van der Waals surface area contributed by atoms with Gasteiger partial charge in [-0.25, -0.2) is 0 Å². The first kappa shape index (κ1) is 11.3. The Morgan fingerprint density at radius 1 is 1.18 bits per heavy atom. The fourth-order valence-electron chi connectivity index (χ4n) is 1.64. The van der Waals surface area contributed by atoms with E-state index in [9.17, 15) is 4.79 Å². The zero-order valence-electron chi connectivity index (χ0n) is 9.81. The van der Waals surface area contributed by atoms with Crippen LogP contribution in [0.2, 0.25) is 0 Å². The van der Waals surface area contributed by atoms with Gasteiger partial charge in [0.2, 0.25) is 0 Å². The van der Waals surface area contributed by atoms with Crippen molar-refractivity contribution in [3.05, 3.63) is 48.3 Å². The molecule has 2 rings (SSSR count). The molecule has 0 aliphatic carbocycles. The summed E-state index contributed by atoms with van der Waals surface area (Å²) in [6.45, 7) is 3.40. The van der Waals surface area contributed by atoms with Gasteiger partial charge in [-0.3, -0.25) is 9.78 Å². The number of rotatable bonds is 2. The third-order valence-corrected chi connectivity index (χ3v) is 2.38. The molecule has 17 heavy (non-hydrogen) atoms. The van der Waals surface area contributed by atoms with Crippen molar-refractivity contribution in [2.45, 2.75) is 13.8 Å². The molecule has 0 unspecified atom stereocenters. The molecule has 0 aliphatic heterocycles. The van der Waals surface area contributed by atoms with Crippen LogP contribution in [0.25, 0.3) is 11.1 Å². The summed E-state index contributed by atoms with van der Waals surface area (Å²) in [6, 6.07) is 9.51. The average molecular weight is 227 g/mol. The number of nitrogens with zero attached hydrogens (tertiary/aromatic N) is 1. The molecule has 0 bridgehead atoms. The van der Waals surface area contributed by atoms with Crippen LogP contribution in [0.3, 0.4) is 0 Å². The minimum Gasteiger partial charge on any atom is -0.426 e. The maximum atomic E-state index is 11.0. The monoisotopic (exact) mass is 227 g/mol. The molecule has 3 heteroatoms. The normalized spacial score (nSPS) is 10.0. The SMILES string of the molecule is CC(=O)Oc1ccc(C)cc1-c1ccncc1. The molecule has 1 aromatic heterocycles. The van der Waals surface area contributed by atoms with Crippen LogP contribution in [-0.4, -0.2) is 11.0 Å². The van der Waals surface area contributed by atoms with E-state index in [-0.39, 0.29) is 5.97 Å². The van der Waals surface area contributed by atoms with E-state index in [4.69, 9.17) is 4.74 Å². The molecule has 0 amide bonds. The largest absolute Gasteiger partial charge is 0.426 e. The fraction of sp³-hybridized carbons (Fsp3) is 0.143. The number of pyridine rings is 1. The smallest absolute Gasteiger partial charge is 0.308 e. The van der Waals surface area contributed by atoms with Crippen molar-refractivity contribution in [3.8, 4) is 16.9 Å². The van der Waals surface area contributed by atoms with Gasteiger partial charge in [0.1, 0.15) is 5.75 Å². The van der Waals surface area contributed by atoms with Gasteiger partial charge in [-0.05, 0) is 36.8 Å². The van der Waals surface area contributed by atoms with E-state index < -0.39 is 0 Å². The molecule has 0 spiro atoms. The summed E-state index contributed by atoms with van der Waals surface area (Å²) in [5, 5.41) is 0. The van der Waals surface area contributed by atoms with E-state index in [1.54, 1.807) is 12.4 Å². The van der Waals surface area contributed by atoms with Gasteiger partial charge in [0.05, 0.1) is 0 Å². The highest BCUT2D eigenvalue weighted by atomic mass is 16.5. The zero-order valence-corrected chi connectivity index (χ0v) is 9.81. The van der Waals surface area contributed by atoms with Crippen molar-refractivity contribution in [3.63, 3.8) is 0 Å². The minimum absolute atomic E-state index is 0.316. The van der Waals surface area contributed by atoms with Crippen molar-refractivity contribution in [2.24, 2.45) is 0 Å². The highest BCUT2D eigenvalue weighted by molar-refractivity contribution is 5.76. The number of carbonyl (C=O) groups is 1. The predicted molar refractivity (Wildman–Crippen MR) is 65.7 cm³/mol. The summed E-state index contributed by atoms with van der Waals surface area (Å²) in [4.78, 5) is 15.0. The Kier molecular flexibility index (Phi) is 3.19. The maximum Gasteiger partial charge on any atom is 0.308 e. The molecule has 2 aromatic rings. The van der Waals surface area contributed by atoms with Crippen LogP contribution >= 0.6 is 0 Å². The van der Waals surface area contributed by atoms with Crippen LogP contribution in [0.4, 0.5) is 0 Å². The molecule has 0 fully saturated rings. The van der Waals surface area contributed by atoms with Crippen LogP contribution in [0.1, 0.15) is 12.5 Å². The molecule has 0 atom stereocenters. The molecular formula is C14H13NO2. The summed E-state index contributed by atoms with van der Waals surface area (Å²) < 4.78 is 5.20. The second-order valence-corrected chi connectivity index (χ2v) is 3.83. The fourth-order valence-corrected chi connectivity index (χ4v) is 1.64. The van der Waals surface area contributed by atoms with Gasteiger partial charge in [-0.2, -0.15) is 0 Å². The lowest BCUT2D eigenvalue weighted by atomic mass is 10.0. The highest BCUT2D eigenvalue weighted by Crippen LogP contribution is 2.30. The topological polar surface area (TPSA) is 39.2 Å². The molecule has 0 saturated heterocycles. The number of hydrogen-bond acceptors (Lipinski definition) is 3. The van der Waals surface area contributed by atoms with Gasteiger partial charge in [0, 0.05) is 24.9 Å². The third kappa shape index (κ3) is 2.69. The first-order chi connectivity index (χ1) is 8.16. The zero-order chi connectivity index (χ0) is 12.3. The Balaban J connectivity index is 2.51. The van der Waals surface area contributed by atoms with Crippen molar-refractivity contribution >= 4 is 5.97 Å². The van der Waals surface area contributed by atoms with Gasteiger partial charge >= 0.3 is 5.97 Å². The number of esters is 1. The van der Waals surface area contributed by atoms with Crippen LogP contribution in [-0.2, 0) is 4.79 Å². The molecule has 1 aromatic carbocycles. The third-order valence-electron chi connectivity index (χ3n) is 2.38. The second-order valence-electron chi connectivity index (χ2n) is 3.83. The lowest BCUT2D eigenvalue weighted by Gasteiger charge is -2.09. The molecule has 0 radical (unpaired) electrons. The van der Waals surface area contributed by atoms with Crippen LogP contribution in [0.5, 0.6) is 5.75 Å². The lowest BCUT2D eigenvalue weighted by Crippen LogP contribution is -2.02. The van der Waals surface area contributed by atoms with Crippen LogP contribution < -0.4 is 4.74 Å². The van der Waals surface area contributed by atoms with E-state index in [1.807, 2.05) is 37.3 Å². The van der Waals surface area contributed by atoms with E-state index in [0.29, 0.717) is 5.75 Å². The Bertz CT molecular complexity index is 535. The number of benzene rings is 1. The Labute approximate surface area is 100 Å². The number of aromatic nitrogens is 1. The van der Waals surface area contributed by atoms with Crippen molar-refractivity contribution < 1.29 is 9.53 Å². The van der Waals surface area contributed by atoms with Crippen LogP contribution in [0, 0.1) is 6.92 Å². The summed E-state index contributed by atoms with van der Waals surface area (Å²) in [5.41, 5.74) is 3.01. The lowest BCUT2D eigenvalue weighted by molar-refractivity contribution is -0.131. The predicted octanol–water partition coefficient (Wildman–Crippen LogP) is 2.98. The first-order valence-electron chi connectivity index (χ1n) is 5.36. The summed E-state index contributed by atoms with van der Waals surface area (Å²) in [5.74, 6) is 0.262.